The molecule has 7 nitrogen and oxygen atoms in total. The molecule has 1 aliphatic heterocycles. The minimum atomic E-state index is -1.39. The second-order valence-corrected chi connectivity index (χ2v) is 4.69. The zero-order chi connectivity index (χ0) is 15.3. The van der Waals surface area contributed by atoms with Gasteiger partial charge in [-0.2, -0.15) is 0 Å². The van der Waals surface area contributed by atoms with Gasteiger partial charge in [0.2, 0.25) is 0 Å². The summed E-state index contributed by atoms with van der Waals surface area (Å²) in [6.45, 7) is 2.08. The first kappa shape index (κ1) is 15.3. The van der Waals surface area contributed by atoms with Crippen molar-refractivity contribution >= 4 is 12.1 Å². The highest BCUT2D eigenvalue weighted by molar-refractivity contribution is 5.81. The number of alkyl carbamates (subject to hydrolysis) is 1. The Hall–Kier alpha value is -2.12. The molecule has 1 heterocycles. The molecular formula is C14H17NO6. The van der Waals surface area contributed by atoms with E-state index in [0.717, 1.165) is 5.56 Å². The molecule has 0 aliphatic carbocycles. The Balaban J connectivity index is 1.91. The van der Waals surface area contributed by atoms with E-state index < -0.39 is 23.9 Å². The van der Waals surface area contributed by atoms with Crippen LogP contribution in [0.15, 0.2) is 30.3 Å². The van der Waals surface area contributed by atoms with E-state index in [1.807, 2.05) is 18.2 Å². The number of aliphatic carboxylic acids is 1. The van der Waals surface area contributed by atoms with Crippen molar-refractivity contribution in [2.75, 3.05) is 13.2 Å². The van der Waals surface area contributed by atoms with Gasteiger partial charge in [-0.05, 0) is 12.5 Å². The lowest BCUT2D eigenvalue weighted by Crippen LogP contribution is -2.56. The molecular weight excluding hydrogens is 278 g/mol. The second-order valence-electron chi connectivity index (χ2n) is 4.69. The van der Waals surface area contributed by atoms with Crippen molar-refractivity contribution in [3.63, 3.8) is 0 Å². The Morgan fingerprint density at radius 3 is 2.52 bits per heavy atom. The standard InChI is InChI=1S/C14H17NO6/c1-14(20-7-8-21-14)11(12(16)17)15-13(18)19-9-10-5-3-2-4-6-10/h2-6,11H,7-9H2,1H3,(H,15,18)(H,16,17). The Morgan fingerprint density at radius 2 is 1.95 bits per heavy atom. The topological polar surface area (TPSA) is 94.1 Å². The van der Waals surface area contributed by atoms with Crippen molar-refractivity contribution in [1.82, 2.24) is 5.32 Å². The van der Waals surface area contributed by atoms with E-state index >= 15 is 0 Å². The number of carbonyl (C=O) groups excluding carboxylic acids is 1. The van der Waals surface area contributed by atoms with Gasteiger partial charge in [0.05, 0.1) is 13.2 Å². The first-order valence-corrected chi connectivity index (χ1v) is 6.49. The van der Waals surface area contributed by atoms with Crippen LogP contribution in [0, 0.1) is 0 Å². The lowest BCUT2D eigenvalue weighted by atomic mass is 10.1. The van der Waals surface area contributed by atoms with Crippen LogP contribution in [0.2, 0.25) is 0 Å². The highest BCUT2D eigenvalue weighted by Crippen LogP contribution is 2.23. The van der Waals surface area contributed by atoms with E-state index in [9.17, 15) is 14.7 Å². The second kappa shape index (κ2) is 6.55. The molecule has 21 heavy (non-hydrogen) atoms. The average molecular weight is 295 g/mol. The van der Waals surface area contributed by atoms with Crippen molar-refractivity contribution in [3.8, 4) is 0 Å². The van der Waals surface area contributed by atoms with Gasteiger partial charge in [-0.25, -0.2) is 9.59 Å². The lowest BCUT2D eigenvalue weighted by molar-refractivity contribution is -0.182. The number of rotatable bonds is 5. The molecule has 1 fully saturated rings. The zero-order valence-corrected chi connectivity index (χ0v) is 11.6. The van der Waals surface area contributed by atoms with Gasteiger partial charge >= 0.3 is 12.1 Å². The SMILES string of the molecule is CC1(C(NC(=O)OCc2ccccc2)C(=O)O)OCCO1. The molecule has 1 aliphatic rings. The number of ether oxygens (including phenoxy) is 3. The minimum absolute atomic E-state index is 0.0530. The van der Waals surface area contributed by atoms with Gasteiger partial charge in [-0.15, -0.1) is 0 Å². The van der Waals surface area contributed by atoms with Gasteiger partial charge in [-0.1, -0.05) is 30.3 Å². The molecule has 0 radical (unpaired) electrons. The van der Waals surface area contributed by atoms with Crippen molar-refractivity contribution in [3.05, 3.63) is 35.9 Å². The summed E-state index contributed by atoms with van der Waals surface area (Å²) >= 11 is 0. The monoisotopic (exact) mass is 295 g/mol. The van der Waals surface area contributed by atoms with Crippen LogP contribution in [-0.2, 0) is 25.6 Å². The molecule has 1 saturated heterocycles. The lowest BCUT2D eigenvalue weighted by Gasteiger charge is -2.29. The zero-order valence-electron chi connectivity index (χ0n) is 11.6. The molecule has 1 unspecified atom stereocenters. The summed E-state index contributed by atoms with van der Waals surface area (Å²) in [5.74, 6) is -2.64. The molecule has 114 valence electrons. The van der Waals surface area contributed by atoms with Crippen LogP contribution in [0.25, 0.3) is 0 Å². The van der Waals surface area contributed by atoms with Crippen LogP contribution in [0.4, 0.5) is 4.79 Å². The summed E-state index contributed by atoms with van der Waals surface area (Å²) in [6, 6.07) is 7.73. The Bertz CT molecular complexity index is 497. The van der Waals surface area contributed by atoms with E-state index in [2.05, 4.69) is 5.32 Å². The summed E-state index contributed by atoms with van der Waals surface area (Å²) in [5.41, 5.74) is 0.805. The number of nitrogens with one attached hydrogen (secondary N) is 1. The fourth-order valence-electron chi connectivity index (χ4n) is 2.00. The van der Waals surface area contributed by atoms with Crippen LogP contribution >= 0.6 is 0 Å². The fourth-order valence-corrected chi connectivity index (χ4v) is 2.00. The van der Waals surface area contributed by atoms with Gasteiger partial charge in [0, 0.05) is 0 Å². The number of benzene rings is 1. The molecule has 1 aromatic carbocycles. The van der Waals surface area contributed by atoms with E-state index in [1.165, 1.54) is 6.92 Å². The third kappa shape index (κ3) is 3.93. The fraction of sp³-hybridized carbons (Fsp3) is 0.429. The van der Waals surface area contributed by atoms with Crippen molar-refractivity contribution in [2.45, 2.75) is 25.4 Å². The van der Waals surface area contributed by atoms with Gasteiger partial charge in [-0.3, -0.25) is 0 Å². The van der Waals surface area contributed by atoms with Gasteiger partial charge < -0.3 is 24.6 Å². The van der Waals surface area contributed by atoms with Crippen LogP contribution in [0.1, 0.15) is 12.5 Å². The third-order valence-corrected chi connectivity index (χ3v) is 3.11. The summed E-state index contributed by atoms with van der Waals surface area (Å²) < 4.78 is 15.5. The highest BCUT2D eigenvalue weighted by Gasteiger charge is 2.45. The predicted molar refractivity (Wildman–Crippen MR) is 71.5 cm³/mol. The number of hydrogen-bond donors (Lipinski definition) is 2. The minimum Gasteiger partial charge on any atom is -0.480 e. The Morgan fingerprint density at radius 1 is 1.33 bits per heavy atom. The Kier molecular flexibility index (Phi) is 4.77. The highest BCUT2D eigenvalue weighted by atomic mass is 16.7. The summed E-state index contributed by atoms with van der Waals surface area (Å²) in [5, 5.41) is 11.5. The van der Waals surface area contributed by atoms with Crippen molar-refractivity contribution < 1.29 is 28.9 Å². The summed E-state index contributed by atoms with van der Waals surface area (Å²) in [6.07, 6.45) is -0.841. The van der Waals surface area contributed by atoms with E-state index in [4.69, 9.17) is 14.2 Å². The van der Waals surface area contributed by atoms with Crippen LogP contribution < -0.4 is 5.32 Å². The predicted octanol–water partition coefficient (Wildman–Crippen LogP) is 1.13. The number of carboxylic acid groups (broad SMARTS) is 1. The number of carboxylic acids is 1. The van der Waals surface area contributed by atoms with Crippen molar-refractivity contribution in [1.29, 1.82) is 0 Å². The third-order valence-electron chi connectivity index (χ3n) is 3.11. The number of hydrogen-bond acceptors (Lipinski definition) is 5. The molecule has 7 heteroatoms. The summed E-state index contributed by atoms with van der Waals surface area (Å²) in [4.78, 5) is 23.0. The summed E-state index contributed by atoms with van der Waals surface area (Å²) in [7, 11) is 0. The van der Waals surface area contributed by atoms with E-state index in [-0.39, 0.29) is 19.8 Å². The molecule has 2 N–H and O–H groups in total. The van der Waals surface area contributed by atoms with E-state index in [0.29, 0.717) is 0 Å². The largest absolute Gasteiger partial charge is 0.480 e. The first-order valence-electron chi connectivity index (χ1n) is 6.49. The maximum absolute atomic E-state index is 11.7. The van der Waals surface area contributed by atoms with Crippen LogP contribution in [0.3, 0.4) is 0 Å². The Labute approximate surface area is 121 Å². The molecule has 1 atom stereocenters. The molecule has 1 amide bonds. The maximum atomic E-state index is 11.7. The smallest absolute Gasteiger partial charge is 0.408 e. The molecule has 1 aromatic rings. The van der Waals surface area contributed by atoms with Gasteiger partial charge in [0.15, 0.2) is 11.8 Å². The average Bonchev–Trinajstić information content (AvgIpc) is 2.91. The molecule has 0 bridgehead atoms. The van der Waals surface area contributed by atoms with Crippen LogP contribution in [0.5, 0.6) is 0 Å². The maximum Gasteiger partial charge on any atom is 0.408 e. The molecule has 0 spiro atoms. The van der Waals surface area contributed by atoms with Crippen LogP contribution in [-0.4, -0.2) is 42.2 Å². The normalized spacial score (nSPS) is 18.0. The molecule has 0 saturated carbocycles. The van der Waals surface area contributed by atoms with Gasteiger partial charge in [0.25, 0.3) is 0 Å². The number of carbonyl (C=O) groups is 2. The quantitative estimate of drug-likeness (QED) is 0.845. The van der Waals surface area contributed by atoms with Crippen molar-refractivity contribution in [2.24, 2.45) is 0 Å². The molecule has 2 rings (SSSR count). The molecule has 0 aromatic heterocycles. The number of amides is 1. The first-order chi connectivity index (χ1) is 10.0. The van der Waals surface area contributed by atoms with E-state index in [1.54, 1.807) is 12.1 Å². The van der Waals surface area contributed by atoms with Gasteiger partial charge in [0.1, 0.15) is 6.61 Å².